The molecule has 0 aliphatic heterocycles. The maximum atomic E-state index is 12.2. The summed E-state index contributed by atoms with van der Waals surface area (Å²) >= 11 is 0. The molecule has 0 saturated heterocycles. The molecular weight excluding hydrogens is 388 g/mol. The minimum Gasteiger partial charge on any atom is -0.507 e. The second-order valence-electron chi connectivity index (χ2n) is 9.29. The minimum absolute atomic E-state index is 0.173. The molecule has 0 bridgehead atoms. The Kier molecular flexibility index (Phi) is 5.26. The van der Waals surface area contributed by atoms with E-state index < -0.39 is 40.6 Å². The van der Waals surface area contributed by atoms with Gasteiger partial charge in [0.05, 0.1) is 16.6 Å². The Morgan fingerprint density at radius 2 is 1.70 bits per heavy atom. The van der Waals surface area contributed by atoms with Gasteiger partial charge in [-0.3, -0.25) is 14.4 Å². The van der Waals surface area contributed by atoms with Crippen LogP contribution in [0.2, 0.25) is 0 Å². The highest BCUT2D eigenvalue weighted by Gasteiger charge is 2.69. The second kappa shape index (κ2) is 7.08. The Labute approximate surface area is 176 Å². The normalized spacial score (nSPS) is 31.8. The van der Waals surface area contributed by atoms with Gasteiger partial charge in [-0.15, -0.1) is 0 Å². The summed E-state index contributed by atoms with van der Waals surface area (Å²) in [6.45, 7) is 9.90. The molecule has 0 amide bonds. The molecule has 0 spiro atoms. The summed E-state index contributed by atoms with van der Waals surface area (Å²) < 4.78 is 11.2. The minimum atomic E-state index is -1.41. The van der Waals surface area contributed by atoms with Gasteiger partial charge >= 0.3 is 11.9 Å². The van der Waals surface area contributed by atoms with Gasteiger partial charge in [0.15, 0.2) is 6.29 Å². The van der Waals surface area contributed by atoms with Gasteiger partial charge in [-0.1, -0.05) is 13.8 Å². The molecule has 0 unspecified atom stereocenters. The zero-order chi connectivity index (χ0) is 22.6. The number of ether oxygens (including phenoxy) is 2. The summed E-state index contributed by atoms with van der Waals surface area (Å²) in [6, 6.07) is 1.51. The average molecular weight is 418 g/mol. The van der Waals surface area contributed by atoms with Crippen LogP contribution in [0.25, 0.3) is 0 Å². The largest absolute Gasteiger partial charge is 0.507 e. The number of carbonyl (C=O) groups is 3. The van der Waals surface area contributed by atoms with Crippen molar-refractivity contribution in [2.75, 3.05) is 0 Å². The van der Waals surface area contributed by atoms with Crippen LogP contribution in [0.5, 0.6) is 5.75 Å². The van der Waals surface area contributed by atoms with E-state index in [0.717, 1.165) is 5.56 Å². The fourth-order valence-corrected chi connectivity index (χ4v) is 5.77. The quantitative estimate of drug-likeness (QED) is 0.574. The van der Waals surface area contributed by atoms with Crippen LogP contribution >= 0.6 is 0 Å². The summed E-state index contributed by atoms with van der Waals surface area (Å²) in [4.78, 5) is 35.2. The van der Waals surface area contributed by atoms with Gasteiger partial charge in [-0.2, -0.15) is 0 Å². The number of aldehydes is 1. The van der Waals surface area contributed by atoms with Crippen LogP contribution in [0.1, 0.15) is 74.5 Å². The molecule has 1 aromatic rings. The van der Waals surface area contributed by atoms with Gasteiger partial charge in [-0.25, -0.2) is 0 Å². The molecule has 2 aliphatic rings. The van der Waals surface area contributed by atoms with E-state index in [1.54, 1.807) is 6.92 Å². The molecule has 0 radical (unpaired) electrons. The van der Waals surface area contributed by atoms with E-state index in [1.807, 2.05) is 20.8 Å². The first-order valence-corrected chi connectivity index (χ1v) is 10.2. The average Bonchev–Trinajstić information content (AvgIpc) is 2.62. The molecule has 0 heterocycles. The van der Waals surface area contributed by atoms with Crippen LogP contribution in [0.15, 0.2) is 6.07 Å². The van der Waals surface area contributed by atoms with Crippen LogP contribution < -0.4 is 0 Å². The number of rotatable bonds is 3. The lowest BCUT2D eigenvalue weighted by molar-refractivity contribution is -0.247. The number of hydrogen-bond donors (Lipinski definition) is 2. The predicted molar refractivity (Wildman–Crippen MR) is 108 cm³/mol. The van der Waals surface area contributed by atoms with Crippen LogP contribution in [0.4, 0.5) is 0 Å². The number of benzene rings is 1. The van der Waals surface area contributed by atoms with E-state index in [9.17, 15) is 24.6 Å². The summed E-state index contributed by atoms with van der Waals surface area (Å²) in [5, 5.41) is 22.7. The Hall–Kier alpha value is -2.41. The van der Waals surface area contributed by atoms with Crippen LogP contribution in [0.3, 0.4) is 0 Å². The Morgan fingerprint density at radius 3 is 2.23 bits per heavy atom. The molecule has 30 heavy (non-hydrogen) atoms. The maximum Gasteiger partial charge on any atom is 0.302 e. The summed E-state index contributed by atoms with van der Waals surface area (Å²) in [5.41, 5.74) is -0.972. The van der Waals surface area contributed by atoms with Gasteiger partial charge in [0.2, 0.25) is 0 Å². The van der Waals surface area contributed by atoms with Crippen LogP contribution in [-0.4, -0.2) is 46.2 Å². The van der Waals surface area contributed by atoms with E-state index in [0.29, 0.717) is 30.3 Å². The Morgan fingerprint density at radius 1 is 1.13 bits per heavy atom. The molecule has 2 N–H and O–H groups in total. The molecule has 7 nitrogen and oxygen atoms in total. The number of aromatic hydroxyl groups is 1. The third-order valence-corrected chi connectivity index (χ3v) is 7.57. The number of esters is 2. The molecule has 1 aromatic carbocycles. The molecule has 2 aliphatic carbocycles. The van der Waals surface area contributed by atoms with Crippen molar-refractivity contribution in [2.24, 2.45) is 5.41 Å². The lowest BCUT2D eigenvalue weighted by atomic mass is 9.45. The van der Waals surface area contributed by atoms with E-state index in [1.165, 1.54) is 19.9 Å². The number of carbonyl (C=O) groups excluding carboxylic acids is 3. The van der Waals surface area contributed by atoms with Crippen molar-refractivity contribution in [3.63, 3.8) is 0 Å². The van der Waals surface area contributed by atoms with Crippen molar-refractivity contribution in [1.82, 2.24) is 0 Å². The highest BCUT2D eigenvalue weighted by Crippen LogP contribution is 2.61. The SMILES string of the molecule is CC(=O)O[C@H]1C[C@@H](OC(C)=O)C(C)(C)[C@]2(O)CCc3c(cc(O)c(C=O)c3C)[C@@]12C. The highest BCUT2D eigenvalue weighted by molar-refractivity contribution is 5.83. The van der Waals surface area contributed by atoms with E-state index >= 15 is 0 Å². The van der Waals surface area contributed by atoms with Crippen LogP contribution in [-0.2, 0) is 30.9 Å². The predicted octanol–water partition coefficient (Wildman–Crippen LogP) is 2.74. The topological polar surface area (TPSA) is 110 Å². The fraction of sp³-hybridized carbons (Fsp3) is 0.609. The Bertz CT molecular complexity index is 919. The first kappa shape index (κ1) is 22.3. The lowest BCUT2D eigenvalue weighted by Crippen LogP contribution is -2.73. The summed E-state index contributed by atoms with van der Waals surface area (Å²) in [5.74, 6) is -1.15. The monoisotopic (exact) mass is 418 g/mol. The number of hydrogen-bond acceptors (Lipinski definition) is 7. The van der Waals surface area contributed by atoms with Crippen molar-refractivity contribution in [1.29, 1.82) is 0 Å². The molecule has 0 aromatic heterocycles. The standard InChI is InChI=1S/C23H30O7/c1-12-15-7-8-23(28)21(4,5)19(29-13(2)25)10-20(30-14(3)26)22(23,6)17(15)9-18(27)16(12)11-24/h9,11,19-20,27-28H,7-8,10H2,1-6H3/t19-,20+,22+,23-/m1/s1. The molecule has 3 rings (SSSR count). The zero-order valence-corrected chi connectivity index (χ0v) is 18.4. The van der Waals surface area contributed by atoms with Gasteiger partial charge in [0, 0.05) is 25.7 Å². The highest BCUT2D eigenvalue weighted by atomic mass is 16.6. The smallest absolute Gasteiger partial charge is 0.302 e. The van der Waals surface area contributed by atoms with Crippen molar-refractivity contribution < 1.29 is 34.1 Å². The number of aliphatic hydroxyl groups is 1. The third-order valence-electron chi connectivity index (χ3n) is 7.57. The zero-order valence-electron chi connectivity index (χ0n) is 18.4. The van der Waals surface area contributed by atoms with Crippen LogP contribution in [0, 0.1) is 12.3 Å². The van der Waals surface area contributed by atoms with Gasteiger partial charge in [0.25, 0.3) is 0 Å². The van der Waals surface area contributed by atoms with Gasteiger partial charge < -0.3 is 19.7 Å². The Balaban J connectivity index is 2.30. The summed E-state index contributed by atoms with van der Waals surface area (Å²) in [7, 11) is 0. The number of phenols is 1. The molecular formula is C23H30O7. The first-order valence-electron chi connectivity index (χ1n) is 10.2. The molecule has 4 atom stereocenters. The van der Waals surface area contributed by atoms with E-state index in [4.69, 9.17) is 9.47 Å². The lowest BCUT2D eigenvalue weighted by Gasteiger charge is -2.64. The molecule has 1 saturated carbocycles. The van der Waals surface area contributed by atoms with Gasteiger partial charge in [-0.05, 0) is 49.4 Å². The molecule has 164 valence electrons. The van der Waals surface area contributed by atoms with Crippen molar-refractivity contribution in [3.8, 4) is 5.75 Å². The van der Waals surface area contributed by atoms with Crippen molar-refractivity contribution >= 4 is 18.2 Å². The second-order valence-corrected chi connectivity index (χ2v) is 9.29. The van der Waals surface area contributed by atoms with Crippen molar-refractivity contribution in [3.05, 3.63) is 28.3 Å². The fourth-order valence-electron chi connectivity index (χ4n) is 5.77. The first-order chi connectivity index (χ1) is 13.8. The van der Waals surface area contributed by atoms with Crippen molar-refractivity contribution in [2.45, 2.75) is 84.0 Å². The molecule has 1 fully saturated rings. The maximum absolute atomic E-state index is 12.2. The third kappa shape index (κ3) is 2.86. The number of phenolic OH excluding ortho intramolecular Hbond substituents is 1. The molecule has 7 heteroatoms. The summed E-state index contributed by atoms with van der Waals surface area (Å²) in [6.07, 6.45) is 0.166. The van der Waals surface area contributed by atoms with E-state index in [2.05, 4.69) is 0 Å². The van der Waals surface area contributed by atoms with E-state index in [-0.39, 0.29) is 17.7 Å². The number of fused-ring (bicyclic) bond motifs is 3. The van der Waals surface area contributed by atoms with Gasteiger partial charge in [0.1, 0.15) is 18.0 Å².